The summed E-state index contributed by atoms with van der Waals surface area (Å²) in [6.07, 6.45) is 4.11. The predicted octanol–water partition coefficient (Wildman–Crippen LogP) is 2.51. The Labute approximate surface area is 113 Å². The van der Waals surface area contributed by atoms with Crippen molar-refractivity contribution in [2.75, 3.05) is 13.2 Å². The zero-order valence-electron chi connectivity index (χ0n) is 11.4. The van der Waals surface area contributed by atoms with E-state index < -0.39 is 0 Å². The Morgan fingerprint density at radius 3 is 2.47 bits per heavy atom. The van der Waals surface area contributed by atoms with Crippen molar-refractivity contribution in [3.63, 3.8) is 0 Å². The minimum absolute atomic E-state index is 0.305. The van der Waals surface area contributed by atoms with E-state index in [0.29, 0.717) is 18.8 Å². The van der Waals surface area contributed by atoms with E-state index in [1.54, 1.807) is 24.3 Å². The number of esters is 1. The number of carbonyl (C=O) groups is 1. The van der Waals surface area contributed by atoms with Crippen molar-refractivity contribution in [1.82, 2.24) is 0 Å². The second kappa shape index (κ2) is 6.06. The van der Waals surface area contributed by atoms with Crippen molar-refractivity contribution in [2.45, 2.75) is 38.1 Å². The van der Waals surface area contributed by atoms with E-state index in [0.717, 1.165) is 31.4 Å². The molecule has 2 rings (SSSR count). The van der Waals surface area contributed by atoms with Crippen LogP contribution in [0.25, 0.3) is 0 Å². The lowest BCUT2D eigenvalue weighted by Gasteiger charge is -2.22. The molecule has 0 radical (unpaired) electrons. The third-order valence-electron chi connectivity index (χ3n) is 3.49. The van der Waals surface area contributed by atoms with E-state index >= 15 is 0 Å². The maximum absolute atomic E-state index is 11.9. The van der Waals surface area contributed by atoms with Gasteiger partial charge in [-0.2, -0.15) is 0 Å². The summed E-state index contributed by atoms with van der Waals surface area (Å²) in [4.78, 5) is 11.9. The molecule has 0 aromatic heterocycles. The molecule has 1 aliphatic carbocycles. The van der Waals surface area contributed by atoms with Gasteiger partial charge in [0.05, 0.1) is 17.7 Å². The van der Waals surface area contributed by atoms with Gasteiger partial charge in [0.1, 0.15) is 12.4 Å². The molecule has 0 amide bonds. The molecule has 0 spiro atoms. The van der Waals surface area contributed by atoms with Crippen LogP contribution in [-0.4, -0.2) is 24.7 Å². The molecule has 4 nitrogen and oxygen atoms in total. The smallest absolute Gasteiger partial charge is 0.338 e. The number of nitrogens with two attached hydrogens (primary N) is 1. The summed E-state index contributed by atoms with van der Waals surface area (Å²) >= 11 is 0. The molecule has 19 heavy (non-hydrogen) atoms. The van der Waals surface area contributed by atoms with Crippen molar-refractivity contribution in [1.29, 1.82) is 0 Å². The van der Waals surface area contributed by atoms with Crippen LogP contribution in [0.15, 0.2) is 24.3 Å². The second-order valence-corrected chi connectivity index (χ2v) is 5.10. The van der Waals surface area contributed by atoms with Crippen LogP contribution in [0, 0.1) is 0 Å². The van der Waals surface area contributed by atoms with Gasteiger partial charge in [-0.3, -0.25) is 0 Å². The van der Waals surface area contributed by atoms with Gasteiger partial charge in [-0.1, -0.05) is 12.8 Å². The fourth-order valence-electron chi connectivity index (χ4n) is 2.37. The van der Waals surface area contributed by atoms with Gasteiger partial charge < -0.3 is 15.2 Å². The average Bonchev–Trinajstić information content (AvgIpc) is 2.85. The molecule has 1 aliphatic rings. The van der Waals surface area contributed by atoms with Crippen LogP contribution in [0.3, 0.4) is 0 Å². The van der Waals surface area contributed by atoms with Crippen LogP contribution in [-0.2, 0) is 4.74 Å². The van der Waals surface area contributed by atoms with E-state index in [1.807, 2.05) is 6.92 Å². The summed E-state index contributed by atoms with van der Waals surface area (Å²) in [5, 5.41) is 0. The van der Waals surface area contributed by atoms with E-state index in [4.69, 9.17) is 15.2 Å². The highest BCUT2D eigenvalue weighted by atomic mass is 16.5. The maximum Gasteiger partial charge on any atom is 0.338 e. The first-order valence-electron chi connectivity index (χ1n) is 6.82. The third-order valence-corrected chi connectivity index (χ3v) is 3.49. The van der Waals surface area contributed by atoms with Gasteiger partial charge >= 0.3 is 5.97 Å². The lowest BCUT2D eigenvalue weighted by atomic mass is 10.0. The molecular formula is C15H21NO3. The minimum Gasteiger partial charge on any atom is -0.494 e. The number of hydrogen-bond donors (Lipinski definition) is 1. The Balaban J connectivity index is 1.88. The molecule has 4 heteroatoms. The van der Waals surface area contributed by atoms with E-state index in [2.05, 4.69) is 0 Å². The van der Waals surface area contributed by atoms with Crippen LogP contribution in [0.5, 0.6) is 5.75 Å². The second-order valence-electron chi connectivity index (χ2n) is 5.10. The maximum atomic E-state index is 11.9. The lowest BCUT2D eigenvalue weighted by Crippen LogP contribution is -2.42. The van der Waals surface area contributed by atoms with E-state index in [9.17, 15) is 4.79 Å². The van der Waals surface area contributed by atoms with Gasteiger partial charge in [0.15, 0.2) is 0 Å². The zero-order valence-corrected chi connectivity index (χ0v) is 11.4. The fraction of sp³-hybridized carbons (Fsp3) is 0.533. The SMILES string of the molecule is CCOc1ccc(C(=O)OCC2(N)CCCC2)cc1. The molecule has 1 aromatic carbocycles. The molecule has 0 heterocycles. The molecule has 0 bridgehead atoms. The summed E-state index contributed by atoms with van der Waals surface area (Å²) in [7, 11) is 0. The van der Waals surface area contributed by atoms with Crippen molar-refractivity contribution in [3.05, 3.63) is 29.8 Å². The van der Waals surface area contributed by atoms with Gasteiger partial charge in [-0.25, -0.2) is 4.79 Å². The van der Waals surface area contributed by atoms with E-state index in [1.165, 1.54) is 0 Å². The molecule has 1 saturated carbocycles. The van der Waals surface area contributed by atoms with Gasteiger partial charge in [0, 0.05) is 0 Å². The summed E-state index contributed by atoms with van der Waals surface area (Å²) in [6.45, 7) is 2.84. The quantitative estimate of drug-likeness (QED) is 0.829. The van der Waals surface area contributed by atoms with Crippen LogP contribution >= 0.6 is 0 Å². The summed E-state index contributed by atoms with van der Waals surface area (Å²) < 4.78 is 10.6. The number of rotatable bonds is 5. The fourth-order valence-corrected chi connectivity index (χ4v) is 2.37. The molecule has 0 saturated heterocycles. The van der Waals surface area contributed by atoms with Gasteiger partial charge in [-0.05, 0) is 44.0 Å². The Hall–Kier alpha value is -1.55. The van der Waals surface area contributed by atoms with Crippen molar-refractivity contribution >= 4 is 5.97 Å². The molecule has 0 unspecified atom stereocenters. The summed E-state index contributed by atoms with van der Waals surface area (Å²) in [6, 6.07) is 6.97. The highest BCUT2D eigenvalue weighted by Crippen LogP contribution is 2.27. The molecule has 0 atom stereocenters. The molecule has 104 valence electrons. The Morgan fingerprint density at radius 2 is 1.89 bits per heavy atom. The molecule has 1 aromatic rings. The van der Waals surface area contributed by atoms with E-state index in [-0.39, 0.29) is 11.5 Å². The van der Waals surface area contributed by atoms with Crippen molar-refractivity contribution < 1.29 is 14.3 Å². The third kappa shape index (κ3) is 3.70. The molecule has 0 aliphatic heterocycles. The first kappa shape index (κ1) is 13.9. The first-order chi connectivity index (χ1) is 9.13. The molecule has 1 fully saturated rings. The number of hydrogen-bond acceptors (Lipinski definition) is 4. The normalized spacial score (nSPS) is 17.2. The Kier molecular flexibility index (Phi) is 4.43. The standard InChI is InChI=1S/C15H21NO3/c1-2-18-13-7-5-12(6-8-13)14(17)19-11-15(16)9-3-4-10-15/h5-8H,2-4,9-11,16H2,1H3. The predicted molar refractivity (Wildman–Crippen MR) is 73.3 cm³/mol. The van der Waals surface area contributed by atoms with Crippen LogP contribution in [0.1, 0.15) is 43.0 Å². The number of carbonyl (C=O) groups excluding carboxylic acids is 1. The number of benzene rings is 1. The highest BCUT2D eigenvalue weighted by molar-refractivity contribution is 5.89. The van der Waals surface area contributed by atoms with Crippen LogP contribution in [0.4, 0.5) is 0 Å². The largest absolute Gasteiger partial charge is 0.494 e. The van der Waals surface area contributed by atoms with Crippen molar-refractivity contribution in [2.24, 2.45) is 5.73 Å². The summed E-state index contributed by atoms with van der Waals surface area (Å²) in [5.41, 5.74) is 6.37. The van der Waals surface area contributed by atoms with Gasteiger partial charge in [-0.15, -0.1) is 0 Å². The average molecular weight is 263 g/mol. The van der Waals surface area contributed by atoms with Crippen LogP contribution < -0.4 is 10.5 Å². The topological polar surface area (TPSA) is 61.5 Å². The summed E-state index contributed by atoms with van der Waals surface area (Å²) in [5.74, 6) is 0.435. The molecular weight excluding hydrogens is 242 g/mol. The minimum atomic E-state index is -0.320. The first-order valence-corrected chi connectivity index (χ1v) is 6.82. The lowest BCUT2D eigenvalue weighted by molar-refractivity contribution is 0.0410. The van der Waals surface area contributed by atoms with Gasteiger partial charge in [0.25, 0.3) is 0 Å². The van der Waals surface area contributed by atoms with Gasteiger partial charge in [0.2, 0.25) is 0 Å². The molecule has 2 N–H and O–H groups in total. The number of ether oxygens (including phenoxy) is 2. The monoisotopic (exact) mass is 263 g/mol. The zero-order chi connectivity index (χ0) is 13.7. The van der Waals surface area contributed by atoms with Crippen LogP contribution in [0.2, 0.25) is 0 Å². The highest BCUT2D eigenvalue weighted by Gasteiger charge is 2.30. The Morgan fingerprint density at radius 1 is 1.26 bits per heavy atom. The van der Waals surface area contributed by atoms with Crippen molar-refractivity contribution in [3.8, 4) is 5.75 Å². The Bertz CT molecular complexity index is 422.